The van der Waals surface area contributed by atoms with Crippen LogP contribution in [0.15, 0.2) is 54.1 Å². The standard InChI is InChI=1S/C20H21NO2Se/c1-21-18(22)17-12-15(11-14-7-5-6-8-14)13-20(17,19(21)23)24-16-9-3-2-4-10-16/h2-5,7-10,15,17H,6,11-13H2,1H3/t15-,17+,20-/m1/s1. The number of carbonyl (C=O) groups excluding carboxylic acids is 2. The molecule has 1 aliphatic heterocycles. The summed E-state index contributed by atoms with van der Waals surface area (Å²) >= 11 is -0.00885. The van der Waals surface area contributed by atoms with E-state index in [1.54, 1.807) is 7.05 Å². The van der Waals surface area contributed by atoms with E-state index in [2.05, 4.69) is 30.4 Å². The van der Waals surface area contributed by atoms with Crippen LogP contribution >= 0.6 is 0 Å². The maximum absolute atomic E-state index is 13.0. The van der Waals surface area contributed by atoms with E-state index < -0.39 is 4.31 Å². The predicted molar refractivity (Wildman–Crippen MR) is 95.0 cm³/mol. The molecule has 1 aromatic carbocycles. The first-order chi connectivity index (χ1) is 11.6. The molecule has 3 atom stereocenters. The van der Waals surface area contributed by atoms with Crippen molar-refractivity contribution in [1.29, 1.82) is 0 Å². The summed E-state index contributed by atoms with van der Waals surface area (Å²) in [5, 5.41) is 0. The molecule has 4 rings (SSSR count). The van der Waals surface area contributed by atoms with Crippen LogP contribution in [-0.2, 0) is 9.59 Å². The van der Waals surface area contributed by atoms with Gasteiger partial charge in [-0.05, 0) is 0 Å². The van der Waals surface area contributed by atoms with Gasteiger partial charge in [-0.25, -0.2) is 0 Å². The van der Waals surface area contributed by atoms with Crippen molar-refractivity contribution in [2.45, 2.75) is 30.0 Å². The number of hydrogen-bond donors (Lipinski definition) is 0. The average Bonchev–Trinajstić information content (AvgIpc) is 3.25. The molecule has 1 saturated heterocycles. The molecule has 2 amide bonds. The van der Waals surface area contributed by atoms with E-state index in [0.29, 0.717) is 5.92 Å². The van der Waals surface area contributed by atoms with Crippen molar-refractivity contribution in [3.8, 4) is 0 Å². The zero-order valence-corrected chi connectivity index (χ0v) is 15.5. The Morgan fingerprint density at radius 1 is 1.25 bits per heavy atom. The molecule has 0 spiro atoms. The van der Waals surface area contributed by atoms with Gasteiger partial charge in [-0.3, -0.25) is 0 Å². The Kier molecular flexibility index (Phi) is 3.98. The van der Waals surface area contributed by atoms with Crippen molar-refractivity contribution in [2.75, 3.05) is 7.05 Å². The minimum absolute atomic E-state index is 0.00885. The van der Waals surface area contributed by atoms with Crippen LogP contribution in [0.2, 0.25) is 4.31 Å². The maximum atomic E-state index is 13.0. The number of nitrogens with zero attached hydrogens (tertiary/aromatic N) is 1. The van der Waals surface area contributed by atoms with Gasteiger partial charge in [0.1, 0.15) is 0 Å². The van der Waals surface area contributed by atoms with Crippen molar-refractivity contribution < 1.29 is 9.59 Å². The van der Waals surface area contributed by atoms with Gasteiger partial charge in [-0.1, -0.05) is 0 Å². The Balaban J connectivity index is 1.63. The monoisotopic (exact) mass is 387 g/mol. The van der Waals surface area contributed by atoms with Crippen molar-refractivity contribution in [3.05, 3.63) is 54.1 Å². The minimum atomic E-state index is -0.465. The molecular formula is C20H21NO2Se. The second kappa shape index (κ2) is 6.02. The molecule has 124 valence electrons. The van der Waals surface area contributed by atoms with Gasteiger partial charge in [0, 0.05) is 0 Å². The van der Waals surface area contributed by atoms with Crippen LogP contribution in [0, 0.1) is 11.8 Å². The number of amides is 2. The topological polar surface area (TPSA) is 37.4 Å². The van der Waals surface area contributed by atoms with Crippen molar-refractivity contribution in [3.63, 3.8) is 0 Å². The number of imide groups is 1. The van der Waals surface area contributed by atoms with Crippen molar-refractivity contribution >= 4 is 31.2 Å². The Hall–Kier alpha value is -1.64. The number of carbonyl (C=O) groups is 2. The van der Waals surface area contributed by atoms with E-state index in [4.69, 9.17) is 0 Å². The zero-order valence-electron chi connectivity index (χ0n) is 13.8. The summed E-state index contributed by atoms with van der Waals surface area (Å²) in [5.41, 5.74) is 1.37. The molecule has 24 heavy (non-hydrogen) atoms. The first-order valence-corrected chi connectivity index (χ1v) is 10.2. The Bertz CT molecular complexity index is 739. The van der Waals surface area contributed by atoms with Gasteiger partial charge in [0.05, 0.1) is 0 Å². The normalized spacial score (nSPS) is 31.7. The third-order valence-corrected chi connectivity index (χ3v) is 8.58. The first-order valence-electron chi connectivity index (χ1n) is 8.52. The summed E-state index contributed by atoms with van der Waals surface area (Å²) < 4.78 is 0.750. The molecule has 0 bridgehead atoms. The number of benzene rings is 1. The molecule has 0 radical (unpaired) electrons. The van der Waals surface area contributed by atoms with Crippen LogP contribution in [0.5, 0.6) is 0 Å². The van der Waals surface area contributed by atoms with E-state index in [1.165, 1.54) is 14.9 Å². The molecule has 2 aliphatic carbocycles. The van der Waals surface area contributed by atoms with Crippen LogP contribution in [0.4, 0.5) is 0 Å². The predicted octanol–water partition coefficient (Wildman–Crippen LogP) is 2.48. The second-order valence-corrected chi connectivity index (χ2v) is 9.93. The first kappa shape index (κ1) is 15.9. The molecule has 3 nitrogen and oxygen atoms in total. The summed E-state index contributed by atoms with van der Waals surface area (Å²) in [6, 6.07) is 10.2. The average molecular weight is 386 g/mol. The van der Waals surface area contributed by atoms with Gasteiger partial charge in [0.15, 0.2) is 0 Å². The van der Waals surface area contributed by atoms with Crippen molar-refractivity contribution in [2.24, 2.45) is 11.8 Å². The van der Waals surface area contributed by atoms with Crippen LogP contribution in [0.25, 0.3) is 0 Å². The third kappa shape index (κ3) is 2.49. The third-order valence-electron chi connectivity index (χ3n) is 5.43. The van der Waals surface area contributed by atoms with Crippen LogP contribution in [0.3, 0.4) is 0 Å². The molecule has 0 unspecified atom stereocenters. The van der Waals surface area contributed by atoms with Gasteiger partial charge in [-0.15, -0.1) is 0 Å². The zero-order chi connectivity index (χ0) is 16.7. The number of fused-ring (bicyclic) bond motifs is 1. The second-order valence-electron chi connectivity index (χ2n) is 6.99. The molecule has 1 saturated carbocycles. The molecular weight excluding hydrogens is 365 g/mol. The molecule has 1 heterocycles. The van der Waals surface area contributed by atoms with Crippen LogP contribution in [-0.4, -0.2) is 38.7 Å². The molecule has 3 aliphatic rings. The van der Waals surface area contributed by atoms with Gasteiger partial charge in [-0.2, -0.15) is 0 Å². The molecule has 2 fully saturated rings. The van der Waals surface area contributed by atoms with E-state index >= 15 is 0 Å². The molecule has 4 heteroatoms. The molecule has 0 aromatic heterocycles. The fourth-order valence-electron chi connectivity index (χ4n) is 4.33. The van der Waals surface area contributed by atoms with E-state index in [-0.39, 0.29) is 32.7 Å². The summed E-state index contributed by atoms with van der Waals surface area (Å²) in [6.45, 7) is 0. The number of rotatable bonds is 4. The number of allylic oxidation sites excluding steroid dienone is 4. The summed E-state index contributed by atoms with van der Waals surface area (Å²) in [4.78, 5) is 27.0. The quantitative estimate of drug-likeness (QED) is 0.589. The summed E-state index contributed by atoms with van der Waals surface area (Å²) in [7, 11) is 1.66. The summed E-state index contributed by atoms with van der Waals surface area (Å²) in [5.74, 6) is 0.415. The van der Waals surface area contributed by atoms with Gasteiger partial charge in [0.2, 0.25) is 0 Å². The van der Waals surface area contributed by atoms with Crippen molar-refractivity contribution in [1.82, 2.24) is 4.90 Å². The molecule has 1 aromatic rings. The van der Waals surface area contributed by atoms with Crippen LogP contribution < -0.4 is 4.46 Å². The fraction of sp³-hybridized carbons (Fsp3) is 0.400. The fourth-order valence-corrected chi connectivity index (χ4v) is 7.68. The van der Waals surface area contributed by atoms with E-state index in [0.717, 1.165) is 25.7 Å². The SMILES string of the molecule is CN1C(=O)[C@@H]2C[C@@H](CC3=CCC=C3)C[C@]2([Se]c2ccccc2)C1=O. The number of likely N-dealkylation sites (tertiary alicyclic amines) is 1. The van der Waals surface area contributed by atoms with Crippen LogP contribution in [0.1, 0.15) is 25.7 Å². The van der Waals surface area contributed by atoms with Gasteiger partial charge < -0.3 is 0 Å². The van der Waals surface area contributed by atoms with E-state index in [9.17, 15) is 9.59 Å². The Morgan fingerprint density at radius 3 is 2.75 bits per heavy atom. The van der Waals surface area contributed by atoms with Gasteiger partial charge >= 0.3 is 149 Å². The Morgan fingerprint density at radius 2 is 2.04 bits per heavy atom. The number of hydrogen-bond acceptors (Lipinski definition) is 2. The Labute approximate surface area is 149 Å². The molecule has 0 N–H and O–H groups in total. The van der Waals surface area contributed by atoms with E-state index in [1.807, 2.05) is 18.2 Å². The summed E-state index contributed by atoms with van der Waals surface area (Å²) in [6.07, 6.45) is 10.4. The van der Waals surface area contributed by atoms with Gasteiger partial charge in [0.25, 0.3) is 0 Å².